The van der Waals surface area contributed by atoms with Gasteiger partial charge in [0.05, 0.1) is 5.75 Å². The zero-order valence-electron chi connectivity index (χ0n) is 18.3. The Hall–Kier alpha value is -3.53. The standard InChI is InChI=1S/C25H19ClN6OS2/c26-19-6-4-5-17(13-19)14-21-15-28-24(35-21)29-22(33)16-34-25-31-30-23(18-9-11-27-12-10-18)32(25)20-7-2-1-3-8-20/h1-13,15H,14,16H2,(H,28,29,33). The number of anilines is 1. The molecule has 0 fully saturated rings. The van der Waals surface area contributed by atoms with E-state index >= 15 is 0 Å². The Kier molecular flexibility index (Phi) is 7.17. The number of para-hydroxylation sites is 1. The van der Waals surface area contributed by atoms with Gasteiger partial charge in [0.2, 0.25) is 5.91 Å². The number of halogens is 1. The SMILES string of the molecule is O=C(CSc1nnc(-c2ccncc2)n1-c1ccccc1)Nc1ncc(Cc2cccc(Cl)c2)s1. The van der Waals surface area contributed by atoms with Crippen molar-refractivity contribution in [3.63, 3.8) is 0 Å². The molecule has 10 heteroatoms. The van der Waals surface area contributed by atoms with E-state index in [1.807, 2.05) is 71.3 Å². The summed E-state index contributed by atoms with van der Waals surface area (Å²) >= 11 is 8.84. The van der Waals surface area contributed by atoms with Crippen LogP contribution in [0.15, 0.2) is 90.5 Å². The van der Waals surface area contributed by atoms with E-state index in [1.54, 1.807) is 18.6 Å². The number of thiazole rings is 1. The summed E-state index contributed by atoms with van der Waals surface area (Å²) in [5.41, 5.74) is 2.90. The molecule has 0 atom stereocenters. The first kappa shape index (κ1) is 23.2. The Morgan fingerprint density at radius 2 is 1.86 bits per heavy atom. The fourth-order valence-corrected chi connectivity index (χ4v) is 5.27. The van der Waals surface area contributed by atoms with Gasteiger partial charge in [-0.05, 0) is 42.0 Å². The highest BCUT2D eigenvalue weighted by atomic mass is 35.5. The van der Waals surface area contributed by atoms with E-state index in [-0.39, 0.29) is 11.7 Å². The van der Waals surface area contributed by atoms with Gasteiger partial charge in [0.25, 0.3) is 0 Å². The normalized spacial score (nSPS) is 10.9. The van der Waals surface area contributed by atoms with E-state index in [0.717, 1.165) is 21.7 Å². The van der Waals surface area contributed by atoms with Crippen LogP contribution in [0.1, 0.15) is 10.4 Å². The Balaban J connectivity index is 1.27. The van der Waals surface area contributed by atoms with Gasteiger partial charge in [-0.15, -0.1) is 21.5 Å². The molecule has 0 aliphatic rings. The number of rotatable bonds is 8. The van der Waals surface area contributed by atoms with Crippen molar-refractivity contribution in [2.75, 3.05) is 11.1 Å². The van der Waals surface area contributed by atoms with Crippen molar-refractivity contribution >= 4 is 45.7 Å². The molecule has 3 heterocycles. The first-order valence-corrected chi connectivity index (χ1v) is 12.9. The number of thioether (sulfide) groups is 1. The van der Waals surface area contributed by atoms with Crippen LogP contribution in [-0.4, -0.2) is 36.4 Å². The average molecular weight is 519 g/mol. The third-order valence-electron chi connectivity index (χ3n) is 4.99. The third kappa shape index (κ3) is 5.76. The van der Waals surface area contributed by atoms with Gasteiger partial charge in [0.15, 0.2) is 16.1 Å². The minimum absolute atomic E-state index is 0.160. The number of aromatic nitrogens is 5. The molecular formula is C25H19ClN6OS2. The quantitative estimate of drug-likeness (QED) is 0.263. The largest absolute Gasteiger partial charge is 0.301 e. The van der Waals surface area contributed by atoms with Crippen LogP contribution in [0.3, 0.4) is 0 Å². The second-order valence-electron chi connectivity index (χ2n) is 7.49. The van der Waals surface area contributed by atoms with Crippen LogP contribution < -0.4 is 5.32 Å². The molecule has 1 N–H and O–H groups in total. The number of carbonyl (C=O) groups excluding carboxylic acids is 1. The Morgan fingerprint density at radius 3 is 2.66 bits per heavy atom. The van der Waals surface area contributed by atoms with Gasteiger partial charge in [0, 0.05) is 46.2 Å². The maximum Gasteiger partial charge on any atom is 0.236 e. The first-order valence-electron chi connectivity index (χ1n) is 10.7. The Labute approximate surface area is 215 Å². The smallest absolute Gasteiger partial charge is 0.236 e. The maximum absolute atomic E-state index is 12.7. The van der Waals surface area contributed by atoms with Crippen LogP contribution in [0.5, 0.6) is 0 Å². The van der Waals surface area contributed by atoms with Crippen LogP contribution in [0.2, 0.25) is 5.02 Å². The molecule has 5 aromatic rings. The number of pyridine rings is 1. The van der Waals surface area contributed by atoms with E-state index in [9.17, 15) is 4.79 Å². The molecule has 1 amide bonds. The fourth-order valence-electron chi connectivity index (χ4n) is 3.44. The zero-order chi connectivity index (χ0) is 24.0. The van der Waals surface area contributed by atoms with E-state index < -0.39 is 0 Å². The molecule has 0 saturated heterocycles. The van der Waals surface area contributed by atoms with Crippen LogP contribution in [-0.2, 0) is 11.2 Å². The number of nitrogens with one attached hydrogen (secondary N) is 1. The number of hydrogen-bond acceptors (Lipinski definition) is 7. The van der Waals surface area contributed by atoms with Crippen LogP contribution in [0, 0.1) is 0 Å². The fraction of sp³-hybridized carbons (Fsp3) is 0.0800. The highest BCUT2D eigenvalue weighted by molar-refractivity contribution is 7.99. The molecule has 3 aromatic heterocycles. The van der Waals surface area contributed by atoms with E-state index in [2.05, 4.69) is 25.5 Å². The lowest BCUT2D eigenvalue weighted by Crippen LogP contribution is -2.14. The average Bonchev–Trinajstić information content (AvgIpc) is 3.50. The van der Waals surface area contributed by atoms with Gasteiger partial charge in [-0.3, -0.25) is 14.3 Å². The third-order valence-corrected chi connectivity index (χ3v) is 7.06. The molecule has 35 heavy (non-hydrogen) atoms. The van der Waals surface area contributed by atoms with Gasteiger partial charge in [-0.1, -0.05) is 53.7 Å². The summed E-state index contributed by atoms with van der Waals surface area (Å²) < 4.78 is 1.94. The molecule has 2 aromatic carbocycles. The molecule has 5 rings (SSSR count). The summed E-state index contributed by atoms with van der Waals surface area (Å²) in [6.45, 7) is 0. The van der Waals surface area contributed by atoms with Gasteiger partial charge in [0.1, 0.15) is 0 Å². The number of benzene rings is 2. The number of carbonyl (C=O) groups is 1. The van der Waals surface area contributed by atoms with E-state index in [0.29, 0.717) is 27.6 Å². The molecule has 0 saturated carbocycles. The van der Waals surface area contributed by atoms with Crippen molar-refractivity contribution in [3.05, 3.63) is 101 Å². The van der Waals surface area contributed by atoms with E-state index in [1.165, 1.54) is 23.1 Å². The molecule has 7 nitrogen and oxygen atoms in total. The maximum atomic E-state index is 12.7. The minimum atomic E-state index is -0.160. The highest BCUT2D eigenvalue weighted by Gasteiger charge is 2.17. The number of nitrogens with zero attached hydrogens (tertiary/aromatic N) is 5. The molecule has 174 valence electrons. The molecule has 0 aliphatic carbocycles. The Bertz CT molecular complexity index is 1440. The van der Waals surface area contributed by atoms with Crippen molar-refractivity contribution in [2.45, 2.75) is 11.6 Å². The highest BCUT2D eigenvalue weighted by Crippen LogP contribution is 2.28. The second kappa shape index (κ2) is 10.8. The molecule has 0 radical (unpaired) electrons. The summed E-state index contributed by atoms with van der Waals surface area (Å²) in [5.74, 6) is 0.698. The van der Waals surface area contributed by atoms with Crippen LogP contribution >= 0.6 is 34.7 Å². The minimum Gasteiger partial charge on any atom is -0.301 e. The van der Waals surface area contributed by atoms with Crippen molar-refractivity contribution < 1.29 is 4.79 Å². The van der Waals surface area contributed by atoms with Gasteiger partial charge >= 0.3 is 0 Å². The van der Waals surface area contributed by atoms with E-state index in [4.69, 9.17) is 11.6 Å². The predicted molar refractivity (Wildman–Crippen MR) is 140 cm³/mol. The summed E-state index contributed by atoms with van der Waals surface area (Å²) in [6.07, 6.45) is 5.92. The summed E-state index contributed by atoms with van der Waals surface area (Å²) in [5, 5.41) is 13.5. The molecule has 0 unspecified atom stereocenters. The molecule has 0 bridgehead atoms. The van der Waals surface area contributed by atoms with Gasteiger partial charge < -0.3 is 5.32 Å². The number of amides is 1. The lowest BCUT2D eigenvalue weighted by Gasteiger charge is -2.10. The first-order chi connectivity index (χ1) is 17.2. The second-order valence-corrected chi connectivity index (χ2v) is 9.98. The summed E-state index contributed by atoms with van der Waals surface area (Å²) in [4.78, 5) is 22.1. The van der Waals surface area contributed by atoms with Crippen LogP contribution in [0.25, 0.3) is 17.1 Å². The molecule has 0 aliphatic heterocycles. The molecular weight excluding hydrogens is 500 g/mol. The number of hydrogen-bond donors (Lipinski definition) is 1. The molecule has 0 spiro atoms. The zero-order valence-corrected chi connectivity index (χ0v) is 20.7. The lowest BCUT2D eigenvalue weighted by atomic mass is 10.1. The van der Waals surface area contributed by atoms with Crippen molar-refractivity contribution in [1.29, 1.82) is 0 Å². The Morgan fingerprint density at radius 1 is 1.03 bits per heavy atom. The topological polar surface area (TPSA) is 85.6 Å². The van der Waals surface area contributed by atoms with Gasteiger partial charge in [-0.2, -0.15) is 0 Å². The summed E-state index contributed by atoms with van der Waals surface area (Å²) in [7, 11) is 0. The van der Waals surface area contributed by atoms with Crippen molar-refractivity contribution in [2.24, 2.45) is 0 Å². The lowest BCUT2D eigenvalue weighted by molar-refractivity contribution is -0.113. The van der Waals surface area contributed by atoms with Crippen molar-refractivity contribution in [3.8, 4) is 17.1 Å². The van der Waals surface area contributed by atoms with Crippen LogP contribution in [0.4, 0.5) is 5.13 Å². The van der Waals surface area contributed by atoms with Gasteiger partial charge in [-0.25, -0.2) is 4.98 Å². The summed E-state index contributed by atoms with van der Waals surface area (Å²) in [6, 6.07) is 21.3. The van der Waals surface area contributed by atoms with Crippen molar-refractivity contribution in [1.82, 2.24) is 24.7 Å². The predicted octanol–water partition coefficient (Wildman–Crippen LogP) is 5.76. The monoisotopic (exact) mass is 518 g/mol.